The third kappa shape index (κ3) is 3.50. The molecule has 2 rings (SSSR count). The van der Waals surface area contributed by atoms with E-state index in [4.69, 9.17) is 0 Å². The first-order valence-electron chi connectivity index (χ1n) is 8.81. The number of hydrogen-bond acceptors (Lipinski definition) is 1. The molecule has 0 saturated heterocycles. The van der Waals surface area contributed by atoms with Crippen LogP contribution in [0, 0.1) is 0 Å². The molecule has 1 unspecified atom stereocenters. The summed E-state index contributed by atoms with van der Waals surface area (Å²) in [5.41, 5.74) is 7.64. The summed E-state index contributed by atoms with van der Waals surface area (Å²) < 4.78 is 0. The van der Waals surface area contributed by atoms with Crippen molar-refractivity contribution < 1.29 is 5.11 Å². The van der Waals surface area contributed by atoms with Crippen LogP contribution < -0.4 is 0 Å². The lowest BCUT2D eigenvalue weighted by Gasteiger charge is -2.27. The molecule has 0 heterocycles. The van der Waals surface area contributed by atoms with Gasteiger partial charge in [0.25, 0.3) is 0 Å². The number of aliphatic hydroxyl groups is 1. The average molecular weight is 310 g/mol. The molecule has 0 aliphatic heterocycles. The molecule has 2 aromatic rings. The Bertz CT molecular complexity index is 651. The fourth-order valence-electron chi connectivity index (χ4n) is 3.54. The summed E-state index contributed by atoms with van der Waals surface area (Å²) in [4.78, 5) is 0. The Balaban J connectivity index is 2.93. The summed E-state index contributed by atoms with van der Waals surface area (Å²) in [5.74, 6) is 0.874. The second kappa shape index (κ2) is 7.31. The lowest BCUT2D eigenvalue weighted by atomic mass is 9.79. The van der Waals surface area contributed by atoms with Crippen LogP contribution in [0.15, 0.2) is 36.4 Å². The number of benzene rings is 2. The van der Waals surface area contributed by atoms with Gasteiger partial charge in [-0.05, 0) is 58.6 Å². The van der Waals surface area contributed by atoms with Crippen LogP contribution in [0.2, 0.25) is 0 Å². The van der Waals surface area contributed by atoms with Gasteiger partial charge in [0, 0.05) is 0 Å². The van der Waals surface area contributed by atoms with Gasteiger partial charge in [-0.1, -0.05) is 71.0 Å². The van der Waals surface area contributed by atoms with E-state index in [1.165, 1.54) is 27.8 Å². The molecule has 0 aliphatic carbocycles. The summed E-state index contributed by atoms with van der Waals surface area (Å²) in [7, 11) is 0. The Morgan fingerprint density at radius 3 is 1.87 bits per heavy atom. The van der Waals surface area contributed by atoms with Gasteiger partial charge in [-0.3, -0.25) is 0 Å². The Hall–Kier alpha value is -1.60. The summed E-state index contributed by atoms with van der Waals surface area (Å²) >= 11 is 0. The second-order valence-electron chi connectivity index (χ2n) is 7.03. The van der Waals surface area contributed by atoms with E-state index >= 15 is 0 Å². The highest BCUT2D eigenvalue weighted by atomic mass is 16.3. The van der Waals surface area contributed by atoms with Crippen LogP contribution in [-0.2, 0) is 6.42 Å². The standard InChI is InChI=1S/C22H30O/c1-7-18-19(14(2)3)13-20(15(4)5)21(16(6)23)22(18)17-11-9-8-10-12-17/h8-16,23H,7H2,1-6H3. The fourth-order valence-corrected chi connectivity index (χ4v) is 3.54. The van der Waals surface area contributed by atoms with Crippen LogP contribution in [0.4, 0.5) is 0 Å². The summed E-state index contributed by atoms with van der Waals surface area (Å²) in [6, 6.07) is 12.9. The van der Waals surface area contributed by atoms with Gasteiger partial charge < -0.3 is 5.11 Å². The summed E-state index contributed by atoms with van der Waals surface area (Å²) in [5, 5.41) is 10.5. The summed E-state index contributed by atoms with van der Waals surface area (Å²) in [6.07, 6.45) is 0.518. The van der Waals surface area contributed by atoms with E-state index < -0.39 is 6.10 Å². The van der Waals surface area contributed by atoms with Gasteiger partial charge in [0.05, 0.1) is 6.10 Å². The molecular formula is C22H30O. The monoisotopic (exact) mass is 310 g/mol. The molecule has 0 amide bonds. The van der Waals surface area contributed by atoms with Crippen molar-refractivity contribution in [1.82, 2.24) is 0 Å². The third-order valence-corrected chi connectivity index (χ3v) is 4.62. The molecule has 1 nitrogen and oxygen atoms in total. The Morgan fingerprint density at radius 1 is 0.870 bits per heavy atom. The predicted molar refractivity (Wildman–Crippen MR) is 100 cm³/mol. The Kier molecular flexibility index (Phi) is 5.64. The van der Waals surface area contributed by atoms with Gasteiger partial charge in [0.15, 0.2) is 0 Å². The maximum Gasteiger partial charge on any atom is 0.0770 e. The van der Waals surface area contributed by atoms with E-state index in [9.17, 15) is 5.11 Å². The van der Waals surface area contributed by atoms with Crippen LogP contribution in [-0.4, -0.2) is 5.11 Å². The SMILES string of the molecule is CCc1c(C(C)C)cc(C(C)C)c(C(C)O)c1-c1ccccc1. The highest BCUT2D eigenvalue weighted by Gasteiger charge is 2.23. The molecule has 0 aliphatic rings. The van der Waals surface area contributed by atoms with Crippen molar-refractivity contribution in [3.63, 3.8) is 0 Å². The molecule has 0 radical (unpaired) electrons. The van der Waals surface area contributed by atoms with Crippen LogP contribution >= 0.6 is 0 Å². The van der Waals surface area contributed by atoms with Crippen molar-refractivity contribution in [3.05, 3.63) is 58.7 Å². The Morgan fingerprint density at radius 2 is 1.43 bits per heavy atom. The van der Waals surface area contributed by atoms with Gasteiger partial charge in [0.2, 0.25) is 0 Å². The molecule has 1 atom stereocenters. The lowest BCUT2D eigenvalue weighted by molar-refractivity contribution is 0.198. The quantitative estimate of drug-likeness (QED) is 0.695. The van der Waals surface area contributed by atoms with Crippen molar-refractivity contribution in [2.45, 2.75) is 65.9 Å². The van der Waals surface area contributed by atoms with Gasteiger partial charge in [-0.25, -0.2) is 0 Å². The van der Waals surface area contributed by atoms with E-state index in [2.05, 4.69) is 65.0 Å². The van der Waals surface area contributed by atoms with Gasteiger partial charge >= 0.3 is 0 Å². The fraction of sp³-hybridized carbons (Fsp3) is 0.455. The maximum atomic E-state index is 10.5. The van der Waals surface area contributed by atoms with Gasteiger partial charge in [-0.2, -0.15) is 0 Å². The first kappa shape index (κ1) is 17.7. The molecule has 0 fully saturated rings. The molecule has 0 bridgehead atoms. The van der Waals surface area contributed by atoms with Crippen molar-refractivity contribution in [2.75, 3.05) is 0 Å². The molecule has 1 heteroatoms. The Labute approximate surface area is 141 Å². The lowest BCUT2D eigenvalue weighted by Crippen LogP contribution is -2.10. The van der Waals surface area contributed by atoms with Crippen LogP contribution in [0.3, 0.4) is 0 Å². The first-order valence-corrected chi connectivity index (χ1v) is 8.81. The second-order valence-corrected chi connectivity index (χ2v) is 7.03. The summed E-state index contributed by atoms with van der Waals surface area (Å²) in [6.45, 7) is 13.1. The number of hydrogen-bond donors (Lipinski definition) is 1. The zero-order chi connectivity index (χ0) is 17.1. The average Bonchev–Trinajstić information content (AvgIpc) is 2.53. The highest BCUT2D eigenvalue weighted by Crippen LogP contribution is 2.41. The molecule has 23 heavy (non-hydrogen) atoms. The zero-order valence-corrected chi connectivity index (χ0v) is 15.4. The smallest absolute Gasteiger partial charge is 0.0770 e. The normalized spacial score (nSPS) is 12.9. The van der Waals surface area contributed by atoms with E-state index in [0.29, 0.717) is 11.8 Å². The highest BCUT2D eigenvalue weighted by molar-refractivity contribution is 5.75. The molecule has 0 saturated carbocycles. The number of aliphatic hydroxyl groups excluding tert-OH is 1. The minimum atomic E-state index is -0.464. The van der Waals surface area contributed by atoms with Crippen LogP contribution in [0.25, 0.3) is 11.1 Å². The molecule has 0 aromatic heterocycles. The number of rotatable bonds is 5. The van der Waals surface area contributed by atoms with E-state index in [-0.39, 0.29) is 0 Å². The largest absolute Gasteiger partial charge is 0.389 e. The van der Waals surface area contributed by atoms with Crippen LogP contribution in [0.5, 0.6) is 0 Å². The molecule has 1 N–H and O–H groups in total. The van der Waals surface area contributed by atoms with Gasteiger partial charge in [-0.15, -0.1) is 0 Å². The molecule has 124 valence electrons. The molecular weight excluding hydrogens is 280 g/mol. The van der Waals surface area contributed by atoms with E-state index in [1.54, 1.807) is 0 Å². The van der Waals surface area contributed by atoms with E-state index in [1.807, 2.05) is 13.0 Å². The minimum Gasteiger partial charge on any atom is -0.389 e. The maximum absolute atomic E-state index is 10.5. The van der Waals surface area contributed by atoms with Crippen molar-refractivity contribution >= 4 is 0 Å². The first-order chi connectivity index (χ1) is 10.9. The predicted octanol–water partition coefficient (Wildman–Crippen LogP) is 6.22. The van der Waals surface area contributed by atoms with Gasteiger partial charge in [0.1, 0.15) is 0 Å². The zero-order valence-electron chi connectivity index (χ0n) is 15.4. The van der Waals surface area contributed by atoms with Crippen molar-refractivity contribution in [1.29, 1.82) is 0 Å². The van der Waals surface area contributed by atoms with Crippen molar-refractivity contribution in [3.8, 4) is 11.1 Å². The third-order valence-electron chi connectivity index (χ3n) is 4.62. The van der Waals surface area contributed by atoms with Crippen molar-refractivity contribution in [2.24, 2.45) is 0 Å². The van der Waals surface area contributed by atoms with E-state index in [0.717, 1.165) is 12.0 Å². The molecule has 0 spiro atoms. The minimum absolute atomic E-state index is 0.394. The van der Waals surface area contributed by atoms with Crippen LogP contribution in [0.1, 0.15) is 81.7 Å². The topological polar surface area (TPSA) is 20.2 Å². The molecule has 2 aromatic carbocycles.